The first-order valence-corrected chi connectivity index (χ1v) is 11.3. The number of nitrogens with one attached hydrogen (secondary N) is 1. The van der Waals surface area contributed by atoms with E-state index in [0.717, 1.165) is 50.4 Å². The van der Waals surface area contributed by atoms with Crippen molar-refractivity contribution in [1.82, 2.24) is 15.0 Å². The zero-order valence-corrected chi connectivity index (χ0v) is 18.7. The van der Waals surface area contributed by atoms with Gasteiger partial charge in [0, 0.05) is 33.3 Å². The summed E-state index contributed by atoms with van der Waals surface area (Å²) < 4.78 is 0. The highest BCUT2D eigenvalue weighted by atomic mass is 32.1. The van der Waals surface area contributed by atoms with Crippen LogP contribution in [0.5, 0.6) is 0 Å². The predicted molar refractivity (Wildman–Crippen MR) is 133 cm³/mol. The van der Waals surface area contributed by atoms with E-state index in [1.54, 1.807) is 11.3 Å². The van der Waals surface area contributed by atoms with Crippen LogP contribution in [0.3, 0.4) is 0 Å². The third-order valence-electron chi connectivity index (χ3n) is 5.16. The van der Waals surface area contributed by atoms with Crippen molar-refractivity contribution < 1.29 is 0 Å². The Morgan fingerprint density at radius 1 is 0.656 bits per heavy atom. The normalized spacial score (nSPS) is 10.8. The summed E-state index contributed by atoms with van der Waals surface area (Å²) in [5.74, 6) is 1.51. The molecule has 0 saturated heterocycles. The first kappa shape index (κ1) is 20.1. The molecule has 0 amide bonds. The van der Waals surface area contributed by atoms with Gasteiger partial charge in [0.1, 0.15) is 16.6 Å². The van der Waals surface area contributed by atoms with E-state index in [2.05, 4.69) is 70.7 Å². The smallest absolute Gasteiger partial charge is 0.134 e. The number of nitrogens with zero attached hydrogens (tertiary/aromatic N) is 3. The Morgan fingerprint density at radius 3 is 2.00 bits per heavy atom. The minimum absolute atomic E-state index is 0.733. The van der Waals surface area contributed by atoms with Crippen molar-refractivity contribution in [3.05, 3.63) is 102 Å². The van der Waals surface area contributed by atoms with Crippen molar-refractivity contribution in [3.63, 3.8) is 0 Å². The van der Waals surface area contributed by atoms with Gasteiger partial charge in [-0.1, -0.05) is 72.8 Å². The molecule has 5 aromatic rings. The SMILES string of the molecule is Cc1nc(Nc2ccc(-c3nc(-c4ccccc4)sc3C)cc2)cc(-c2ccccc2)n1. The zero-order valence-electron chi connectivity index (χ0n) is 17.9. The molecule has 4 nitrogen and oxygen atoms in total. The van der Waals surface area contributed by atoms with Crippen LogP contribution < -0.4 is 5.32 Å². The van der Waals surface area contributed by atoms with Crippen LogP contribution in [0, 0.1) is 13.8 Å². The largest absolute Gasteiger partial charge is 0.340 e. The Hall–Kier alpha value is -3.83. The Balaban J connectivity index is 1.38. The molecule has 0 atom stereocenters. The molecule has 0 unspecified atom stereocenters. The Kier molecular flexibility index (Phi) is 5.48. The second-order valence-electron chi connectivity index (χ2n) is 7.54. The van der Waals surface area contributed by atoms with E-state index >= 15 is 0 Å². The summed E-state index contributed by atoms with van der Waals surface area (Å²) in [4.78, 5) is 15.2. The van der Waals surface area contributed by atoms with E-state index < -0.39 is 0 Å². The van der Waals surface area contributed by atoms with E-state index in [0.29, 0.717) is 0 Å². The first-order valence-electron chi connectivity index (χ1n) is 10.5. The molecule has 0 aliphatic carbocycles. The summed E-state index contributed by atoms with van der Waals surface area (Å²) in [5.41, 5.74) is 6.24. The molecule has 0 spiro atoms. The third-order valence-corrected chi connectivity index (χ3v) is 6.18. The summed E-state index contributed by atoms with van der Waals surface area (Å²) >= 11 is 1.73. The maximum atomic E-state index is 4.90. The van der Waals surface area contributed by atoms with Crippen LogP contribution in [0.25, 0.3) is 33.1 Å². The standard InChI is InChI=1S/C27H22N4S/c1-18-26(31-27(32-18)22-11-7-4-8-12-22)21-13-15-23(16-14-21)30-25-17-24(28-19(2)29-25)20-9-5-3-6-10-20/h3-17H,1-2H3,(H,28,29,30). The molecule has 32 heavy (non-hydrogen) atoms. The number of hydrogen-bond acceptors (Lipinski definition) is 5. The first-order chi connectivity index (χ1) is 15.7. The fourth-order valence-electron chi connectivity index (χ4n) is 3.62. The van der Waals surface area contributed by atoms with Gasteiger partial charge in [-0.3, -0.25) is 0 Å². The van der Waals surface area contributed by atoms with Crippen LogP contribution in [0.4, 0.5) is 11.5 Å². The van der Waals surface area contributed by atoms with Crippen LogP contribution >= 0.6 is 11.3 Å². The van der Waals surface area contributed by atoms with Gasteiger partial charge in [0.25, 0.3) is 0 Å². The van der Waals surface area contributed by atoms with Crippen molar-refractivity contribution in [1.29, 1.82) is 0 Å². The van der Waals surface area contributed by atoms with Crippen LogP contribution in [0.15, 0.2) is 91.0 Å². The van der Waals surface area contributed by atoms with Crippen LogP contribution in [0.1, 0.15) is 10.7 Å². The van der Waals surface area contributed by atoms with Gasteiger partial charge in [-0.2, -0.15) is 0 Å². The van der Waals surface area contributed by atoms with Crippen molar-refractivity contribution in [2.75, 3.05) is 5.32 Å². The highest BCUT2D eigenvalue weighted by Gasteiger charge is 2.11. The van der Waals surface area contributed by atoms with Crippen LogP contribution in [0.2, 0.25) is 0 Å². The van der Waals surface area contributed by atoms with Crippen LogP contribution in [-0.4, -0.2) is 15.0 Å². The van der Waals surface area contributed by atoms with E-state index in [-0.39, 0.29) is 0 Å². The van der Waals surface area contributed by atoms with Gasteiger partial charge in [-0.15, -0.1) is 11.3 Å². The molecule has 2 aromatic heterocycles. The molecule has 0 bridgehead atoms. The summed E-state index contributed by atoms with van der Waals surface area (Å²) in [6.07, 6.45) is 0. The fraction of sp³-hybridized carbons (Fsp3) is 0.0741. The molecule has 0 radical (unpaired) electrons. The minimum atomic E-state index is 0.733. The molecule has 0 saturated carbocycles. The molecule has 0 fully saturated rings. The minimum Gasteiger partial charge on any atom is -0.340 e. The Labute approximate surface area is 191 Å². The lowest BCUT2D eigenvalue weighted by atomic mass is 10.1. The van der Waals surface area contributed by atoms with Gasteiger partial charge in [0.2, 0.25) is 0 Å². The van der Waals surface area contributed by atoms with Crippen molar-refractivity contribution >= 4 is 22.8 Å². The van der Waals surface area contributed by atoms with Gasteiger partial charge >= 0.3 is 0 Å². The van der Waals surface area contributed by atoms with Gasteiger partial charge in [-0.05, 0) is 26.0 Å². The number of aryl methyl sites for hydroxylation is 2. The number of thiazole rings is 1. The second-order valence-corrected chi connectivity index (χ2v) is 8.75. The van der Waals surface area contributed by atoms with Crippen molar-refractivity contribution in [2.24, 2.45) is 0 Å². The summed E-state index contributed by atoms with van der Waals surface area (Å²) in [6.45, 7) is 4.04. The van der Waals surface area contributed by atoms with Crippen LogP contribution in [-0.2, 0) is 0 Å². The second kappa shape index (κ2) is 8.73. The fourth-order valence-corrected chi connectivity index (χ4v) is 4.56. The van der Waals surface area contributed by atoms with E-state index in [1.807, 2.05) is 49.4 Å². The van der Waals surface area contributed by atoms with Crippen molar-refractivity contribution in [2.45, 2.75) is 13.8 Å². The molecule has 0 aliphatic rings. The number of rotatable bonds is 5. The molecule has 3 aromatic carbocycles. The molecular formula is C27H22N4S. The lowest BCUT2D eigenvalue weighted by Gasteiger charge is -2.09. The lowest BCUT2D eigenvalue weighted by molar-refractivity contribution is 1.06. The monoisotopic (exact) mass is 434 g/mol. The maximum absolute atomic E-state index is 4.90. The summed E-state index contributed by atoms with van der Waals surface area (Å²) in [7, 11) is 0. The molecule has 1 N–H and O–H groups in total. The van der Waals surface area contributed by atoms with Gasteiger partial charge in [0.15, 0.2) is 0 Å². The maximum Gasteiger partial charge on any atom is 0.134 e. The van der Waals surface area contributed by atoms with Gasteiger partial charge < -0.3 is 5.32 Å². The summed E-state index contributed by atoms with van der Waals surface area (Å²) in [5, 5.41) is 4.46. The van der Waals surface area contributed by atoms with E-state index in [1.165, 1.54) is 4.88 Å². The quantitative estimate of drug-likeness (QED) is 0.315. The van der Waals surface area contributed by atoms with Gasteiger partial charge in [-0.25, -0.2) is 15.0 Å². The molecule has 5 rings (SSSR count). The van der Waals surface area contributed by atoms with E-state index in [9.17, 15) is 0 Å². The number of hydrogen-bond donors (Lipinski definition) is 1. The number of anilines is 2. The zero-order chi connectivity index (χ0) is 21.9. The molecule has 5 heteroatoms. The topological polar surface area (TPSA) is 50.7 Å². The average molecular weight is 435 g/mol. The number of benzene rings is 3. The third kappa shape index (κ3) is 4.29. The Morgan fingerprint density at radius 2 is 1.31 bits per heavy atom. The number of aromatic nitrogens is 3. The molecule has 2 heterocycles. The molecular weight excluding hydrogens is 412 g/mol. The Bertz CT molecular complexity index is 1340. The average Bonchev–Trinajstić information content (AvgIpc) is 3.22. The van der Waals surface area contributed by atoms with E-state index in [4.69, 9.17) is 4.98 Å². The highest BCUT2D eigenvalue weighted by Crippen LogP contribution is 2.34. The molecule has 156 valence electrons. The van der Waals surface area contributed by atoms with Crippen molar-refractivity contribution in [3.8, 4) is 33.1 Å². The highest BCUT2D eigenvalue weighted by molar-refractivity contribution is 7.15. The van der Waals surface area contributed by atoms with Gasteiger partial charge in [0.05, 0.1) is 11.4 Å². The summed E-state index contributed by atoms with van der Waals surface area (Å²) in [6, 6.07) is 30.8. The predicted octanol–water partition coefficient (Wildman–Crippen LogP) is 7.29. The lowest BCUT2D eigenvalue weighted by Crippen LogP contribution is -1.99. The molecule has 0 aliphatic heterocycles.